The molecule has 0 atom stereocenters. The Morgan fingerprint density at radius 2 is 2.17 bits per heavy atom. The standard InChI is InChI=1S/C8H6ClN3/c9-8-4-2-1-3-7(8)5-6-11-12-10/h1-6H/b6-5+. The van der Waals surface area contributed by atoms with Gasteiger partial charge in [0.1, 0.15) is 0 Å². The van der Waals surface area contributed by atoms with Crippen molar-refractivity contribution in [1.82, 2.24) is 0 Å². The summed E-state index contributed by atoms with van der Waals surface area (Å²) in [6, 6.07) is 7.32. The number of benzene rings is 1. The number of halogens is 1. The summed E-state index contributed by atoms with van der Waals surface area (Å²) >= 11 is 5.82. The van der Waals surface area contributed by atoms with E-state index in [1.54, 1.807) is 12.1 Å². The second kappa shape index (κ2) is 4.44. The van der Waals surface area contributed by atoms with Gasteiger partial charge in [-0.2, -0.15) is 0 Å². The van der Waals surface area contributed by atoms with Gasteiger partial charge in [0.15, 0.2) is 0 Å². The lowest BCUT2D eigenvalue weighted by atomic mass is 10.2. The van der Waals surface area contributed by atoms with E-state index in [9.17, 15) is 0 Å². The van der Waals surface area contributed by atoms with Crippen molar-refractivity contribution in [3.8, 4) is 0 Å². The highest BCUT2D eigenvalue weighted by Gasteiger charge is 1.90. The van der Waals surface area contributed by atoms with E-state index in [0.29, 0.717) is 5.02 Å². The van der Waals surface area contributed by atoms with Crippen LogP contribution in [-0.4, -0.2) is 0 Å². The zero-order valence-electron chi connectivity index (χ0n) is 6.18. The molecule has 60 valence electrons. The highest BCUT2D eigenvalue weighted by Crippen LogP contribution is 2.15. The average molecular weight is 180 g/mol. The molecule has 0 N–H and O–H groups in total. The van der Waals surface area contributed by atoms with Gasteiger partial charge in [0.25, 0.3) is 0 Å². The molecule has 0 saturated carbocycles. The number of azide groups is 1. The first-order valence-electron chi connectivity index (χ1n) is 3.30. The van der Waals surface area contributed by atoms with E-state index < -0.39 is 0 Å². The molecular formula is C8H6ClN3. The van der Waals surface area contributed by atoms with Gasteiger partial charge in [-0.15, -0.1) is 0 Å². The highest BCUT2D eigenvalue weighted by molar-refractivity contribution is 6.32. The monoisotopic (exact) mass is 179 g/mol. The third-order valence-corrected chi connectivity index (χ3v) is 1.62. The predicted molar refractivity (Wildman–Crippen MR) is 49.6 cm³/mol. The fourth-order valence-corrected chi connectivity index (χ4v) is 0.952. The van der Waals surface area contributed by atoms with Gasteiger partial charge < -0.3 is 0 Å². The van der Waals surface area contributed by atoms with Gasteiger partial charge in [-0.25, -0.2) is 0 Å². The van der Waals surface area contributed by atoms with Crippen molar-refractivity contribution >= 4 is 17.7 Å². The third kappa shape index (κ3) is 2.31. The van der Waals surface area contributed by atoms with E-state index in [0.717, 1.165) is 5.56 Å². The number of nitrogens with zero attached hydrogens (tertiary/aromatic N) is 3. The molecule has 0 bridgehead atoms. The topological polar surface area (TPSA) is 48.8 Å². The molecule has 0 aliphatic carbocycles. The van der Waals surface area contributed by atoms with Crippen LogP contribution in [0.15, 0.2) is 35.6 Å². The maximum Gasteiger partial charge on any atom is 0.0478 e. The smallest absolute Gasteiger partial charge is 0.0478 e. The van der Waals surface area contributed by atoms with Crippen LogP contribution in [0.1, 0.15) is 5.56 Å². The molecule has 0 aromatic heterocycles. The molecule has 1 rings (SSSR count). The fraction of sp³-hybridized carbons (Fsp3) is 0. The average Bonchev–Trinajstić information content (AvgIpc) is 2.09. The summed E-state index contributed by atoms with van der Waals surface area (Å²) < 4.78 is 0. The van der Waals surface area contributed by atoms with Crippen molar-refractivity contribution in [3.63, 3.8) is 0 Å². The molecule has 1 aromatic carbocycles. The van der Waals surface area contributed by atoms with Crippen LogP contribution in [0, 0.1) is 0 Å². The van der Waals surface area contributed by atoms with Crippen LogP contribution in [0.5, 0.6) is 0 Å². The molecule has 0 saturated heterocycles. The molecule has 0 aliphatic heterocycles. The zero-order valence-corrected chi connectivity index (χ0v) is 6.94. The summed E-state index contributed by atoms with van der Waals surface area (Å²) in [5.41, 5.74) is 8.83. The Bertz CT molecular complexity index is 340. The molecule has 0 fully saturated rings. The second-order valence-electron chi connectivity index (χ2n) is 2.04. The second-order valence-corrected chi connectivity index (χ2v) is 2.45. The van der Waals surface area contributed by atoms with E-state index in [-0.39, 0.29) is 0 Å². The van der Waals surface area contributed by atoms with Crippen LogP contribution in [0.2, 0.25) is 5.02 Å². The zero-order chi connectivity index (χ0) is 8.81. The van der Waals surface area contributed by atoms with Gasteiger partial charge in [0.05, 0.1) is 0 Å². The van der Waals surface area contributed by atoms with Crippen LogP contribution >= 0.6 is 11.6 Å². The molecule has 0 heterocycles. The van der Waals surface area contributed by atoms with Crippen molar-refractivity contribution in [1.29, 1.82) is 0 Å². The Labute approximate surface area is 74.9 Å². The summed E-state index contributed by atoms with van der Waals surface area (Å²) in [5, 5.41) is 3.89. The van der Waals surface area contributed by atoms with E-state index >= 15 is 0 Å². The lowest BCUT2D eigenvalue weighted by Crippen LogP contribution is -1.71. The Morgan fingerprint density at radius 3 is 2.83 bits per heavy atom. The van der Waals surface area contributed by atoms with E-state index in [1.165, 1.54) is 6.20 Å². The molecule has 0 aliphatic rings. The first kappa shape index (κ1) is 8.65. The van der Waals surface area contributed by atoms with Crippen molar-refractivity contribution in [2.45, 2.75) is 0 Å². The minimum Gasteiger partial charge on any atom is -0.0837 e. The van der Waals surface area contributed by atoms with Crippen LogP contribution in [0.4, 0.5) is 0 Å². The molecule has 1 aromatic rings. The quantitative estimate of drug-likeness (QED) is 0.378. The Morgan fingerprint density at radius 1 is 1.42 bits per heavy atom. The van der Waals surface area contributed by atoms with Crippen LogP contribution < -0.4 is 0 Å². The molecule has 0 spiro atoms. The molecule has 3 nitrogen and oxygen atoms in total. The van der Waals surface area contributed by atoms with Crippen LogP contribution in [-0.2, 0) is 0 Å². The third-order valence-electron chi connectivity index (χ3n) is 1.28. The number of hydrogen-bond donors (Lipinski definition) is 0. The van der Waals surface area contributed by atoms with Crippen molar-refractivity contribution < 1.29 is 0 Å². The summed E-state index contributed by atoms with van der Waals surface area (Å²) in [6.45, 7) is 0. The predicted octanol–water partition coefficient (Wildman–Crippen LogP) is 3.62. The van der Waals surface area contributed by atoms with Gasteiger partial charge in [-0.3, -0.25) is 0 Å². The van der Waals surface area contributed by atoms with Crippen molar-refractivity contribution in [3.05, 3.63) is 51.5 Å². The van der Waals surface area contributed by atoms with Gasteiger partial charge in [0.2, 0.25) is 0 Å². The number of rotatable bonds is 2. The van der Waals surface area contributed by atoms with E-state index in [4.69, 9.17) is 17.1 Å². The van der Waals surface area contributed by atoms with Gasteiger partial charge in [0, 0.05) is 16.1 Å². The van der Waals surface area contributed by atoms with E-state index in [2.05, 4.69) is 10.0 Å². The number of hydrogen-bond acceptors (Lipinski definition) is 1. The Balaban J connectivity index is 2.89. The van der Waals surface area contributed by atoms with Crippen LogP contribution in [0.25, 0.3) is 16.5 Å². The summed E-state index contributed by atoms with van der Waals surface area (Å²) in [4.78, 5) is 2.58. The first-order chi connectivity index (χ1) is 5.84. The molecule has 12 heavy (non-hydrogen) atoms. The first-order valence-corrected chi connectivity index (χ1v) is 3.67. The minimum absolute atomic E-state index is 0.641. The molecule has 0 unspecified atom stereocenters. The van der Waals surface area contributed by atoms with Crippen molar-refractivity contribution in [2.24, 2.45) is 5.11 Å². The Hall–Kier alpha value is -1.44. The summed E-state index contributed by atoms with van der Waals surface area (Å²) in [7, 11) is 0. The summed E-state index contributed by atoms with van der Waals surface area (Å²) in [5.74, 6) is 0. The maximum absolute atomic E-state index is 7.99. The molecule has 4 heteroatoms. The highest BCUT2D eigenvalue weighted by atomic mass is 35.5. The lowest BCUT2D eigenvalue weighted by Gasteiger charge is -1.93. The van der Waals surface area contributed by atoms with Crippen molar-refractivity contribution in [2.75, 3.05) is 0 Å². The fourth-order valence-electron chi connectivity index (χ4n) is 0.754. The SMILES string of the molecule is [N-]=[N+]=N/C=C/c1ccccc1Cl. The van der Waals surface area contributed by atoms with E-state index in [1.807, 2.05) is 18.2 Å². The van der Waals surface area contributed by atoms with Gasteiger partial charge >= 0.3 is 0 Å². The molecule has 0 radical (unpaired) electrons. The van der Waals surface area contributed by atoms with Crippen LogP contribution in [0.3, 0.4) is 0 Å². The van der Waals surface area contributed by atoms with Gasteiger partial charge in [-0.05, 0) is 17.2 Å². The lowest BCUT2D eigenvalue weighted by molar-refractivity contribution is 1.52. The molecule has 0 amide bonds. The molecular weight excluding hydrogens is 174 g/mol. The largest absolute Gasteiger partial charge is 0.0837 e. The minimum atomic E-state index is 0.641. The Kier molecular flexibility index (Phi) is 3.20. The normalized spacial score (nSPS) is 9.75. The summed E-state index contributed by atoms with van der Waals surface area (Å²) in [6.07, 6.45) is 3.02. The maximum atomic E-state index is 7.99. The van der Waals surface area contributed by atoms with Gasteiger partial charge in [-0.1, -0.05) is 41.0 Å².